The van der Waals surface area contributed by atoms with Gasteiger partial charge >= 0.3 is 6.18 Å². The van der Waals surface area contributed by atoms with Gasteiger partial charge in [0.05, 0.1) is 11.7 Å². The molecule has 5 heteroatoms. The van der Waals surface area contributed by atoms with E-state index in [1.807, 2.05) is 0 Å². The normalized spacial score (nSPS) is 21.4. The van der Waals surface area contributed by atoms with E-state index >= 15 is 0 Å². The highest BCUT2D eigenvalue weighted by molar-refractivity contribution is 5.46. The second-order valence-corrected chi connectivity index (χ2v) is 5.20. The number of hydrogen-bond donors (Lipinski definition) is 1. The van der Waals surface area contributed by atoms with Crippen molar-refractivity contribution in [2.24, 2.45) is 0 Å². The summed E-state index contributed by atoms with van der Waals surface area (Å²) in [5.41, 5.74) is 0.942. The number of rotatable bonds is 1. The lowest BCUT2D eigenvalue weighted by Crippen LogP contribution is -2.06. The van der Waals surface area contributed by atoms with Gasteiger partial charge in [-0.1, -0.05) is 18.2 Å². The van der Waals surface area contributed by atoms with Crippen LogP contribution >= 0.6 is 0 Å². The van der Waals surface area contributed by atoms with Crippen LogP contribution in [0.5, 0.6) is 0 Å². The molecule has 0 heterocycles. The Morgan fingerprint density at radius 1 is 0.952 bits per heavy atom. The van der Waals surface area contributed by atoms with E-state index in [0.717, 1.165) is 12.1 Å². The van der Waals surface area contributed by atoms with Gasteiger partial charge in [-0.25, -0.2) is 4.39 Å². The zero-order valence-electron chi connectivity index (χ0n) is 10.9. The molecule has 0 bridgehead atoms. The molecule has 110 valence electrons. The molecule has 2 atom stereocenters. The Morgan fingerprint density at radius 2 is 1.62 bits per heavy atom. The van der Waals surface area contributed by atoms with Gasteiger partial charge < -0.3 is 5.11 Å². The molecule has 0 aromatic heterocycles. The van der Waals surface area contributed by atoms with E-state index < -0.39 is 23.7 Å². The van der Waals surface area contributed by atoms with E-state index in [1.165, 1.54) is 18.2 Å². The topological polar surface area (TPSA) is 20.2 Å². The van der Waals surface area contributed by atoms with Gasteiger partial charge in [0.1, 0.15) is 5.82 Å². The molecule has 1 N–H and O–H groups in total. The molecule has 0 unspecified atom stereocenters. The van der Waals surface area contributed by atoms with Crippen LogP contribution in [0.2, 0.25) is 0 Å². The van der Waals surface area contributed by atoms with Gasteiger partial charge in [-0.15, -0.1) is 0 Å². The minimum atomic E-state index is -4.42. The third-order valence-corrected chi connectivity index (χ3v) is 3.88. The molecule has 1 nitrogen and oxygen atoms in total. The summed E-state index contributed by atoms with van der Waals surface area (Å²) >= 11 is 0. The first-order valence-corrected chi connectivity index (χ1v) is 6.51. The van der Waals surface area contributed by atoms with Crippen molar-refractivity contribution in [3.63, 3.8) is 0 Å². The number of fused-ring (bicyclic) bond motifs is 1. The summed E-state index contributed by atoms with van der Waals surface area (Å²) < 4.78 is 51.4. The first-order chi connectivity index (χ1) is 9.86. The molecule has 0 aliphatic heterocycles. The highest BCUT2D eigenvalue weighted by Gasteiger charge is 2.36. The lowest BCUT2D eigenvalue weighted by Gasteiger charge is -2.14. The minimum Gasteiger partial charge on any atom is -0.388 e. The average Bonchev–Trinajstić information content (AvgIpc) is 2.76. The summed E-state index contributed by atoms with van der Waals surface area (Å²) in [5.74, 6) is -0.750. The molecule has 2 aromatic carbocycles. The van der Waals surface area contributed by atoms with Crippen LogP contribution in [0.25, 0.3) is 0 Å². The zero-order chi connectivity index (χ0) is 15.2. The van der Waals surface area contributed by atoms with Crippen LogP contribution in [0.15, 0.2) is 42.5 Å². The van der Waals surface area contributed by atoms with Crippen molar-refractivity contribution in [2.75, 3.05) is 0 Å². The Morgan fingerprint density at radius 3 is 2.24 bits per heavy atom. The van der Waals surface area contributed by atoms with Crippen molar-refractivity contribution in [1.29, 1.82) is 0 Å². The Labute approximate surface area is 118 Å². The van der Waals surface area contributed by atoms with Gasteiger partial charge in [0.15, 0.2) is 0 Å². The van der Waals surface area contributed by atoms with Gasteiger partial charge in [0.25, 0.3) is 0 Å². The fraction of sp³-hybridized carbons (Fsp3) is 0.250. The first-order valence-electron chi connectivity index (χ1n) is 6.51. The molecule has 1 aliphatic carbocycles. The molecule has 21 heavy (non-hydrogen) atoms. The first kappa shape index (κ1) is 14.1. The van der Waals surface area contributed by atoms with Crippen LogP contribution < -0.4 is 0 Å². The predicted molar refractivity (Wildman–Crippen MR) is 69.3 cm³/mol. The molecular formula is C16H12F4O. The number of alkyl halides is 3. The van der Waals surface area contributed by atoms with Crippen LogP contribution in [0.1, 0.15) is 40.7 Å². The largest absolute Gasteiger partial charge is 0.416 e. The Bertz CT molecular complexity index is 661. The van der Waals surface area contributed by atoms with E-state index in [9.17, 15) is 22.7 Å². The van der Waals surface area contributed by atoms with Crippen LogP contribution in [-0.2, 0) is 6.18 Å². The van der Waals surface area contributed by atoms with Crippen molar-refractivity contribution in [2.45, 2.75) is 24.6 Å². The fourth-order valence-electron chi connectivity index (χ4n) is 2.84. The molecule has 0 saturated heterocycles. The number of aliphatic hydroxyl groups is 1. The summed E-state index contributed by atoms with van der Waals surface area (Å²) in [7, 11) is 0. The second-order valence-electron chi connectivity index (χ2n) is 5.20. The molecule has 0 radical (unpaired) electrons. The van der Waals surface area contributed by atoms with Gasteiger partial charge in [-0.3, -0.25) is 0 Å². The highest BCUT2D eigenvalue weighted by atomic mass is 19.4. The van der Waals surface area contributed by atoms with Gasteiger partial charge in [0, 0.05) is 5.92 Å². The van der Waals surface area contributed by atoms with E-state index in [4.69, 9.17) is 0 Å². The van der Waals surface area contributed by atoms with E-state index in [-0.39, 0.29) is 5.92 Å². The minimum absolute atomic E-state index is 0.308. The second kappa shape index (κ2) is 4.84. The van der Waals surface area contributed by atoms with E-state index in [2.05, 4.69) is 0 Å². The predicted octanol–water partition coefficient (Wildman–Crippen LogP) is 4.41. The maximum Gasteiger partial charge on any atom is 0.416 e. The van der Waals surface area contributed by atoms with Crippen LogP contribution in [0.3, 0.4) is 0 Å². The van der Waals surface area contributed by atoms with Crippen LogP contribution in [0.4, 0.5) is 17.6 Å². The third kappa shape index (κ3) is 2.53. The molecule has 0 saturated carbocycles. The average molecular weight is 296 g/mol. The highest BCUT2D eigenvalue weighted by Crippen LogP contribution is 2.45. The number of benzene rings is 2. The maximum atomic E-state index is 13.0. The van der Waals surface area contributed by atoms with Crippen molar-refractivity contribution < 1.29 is 22.7 Å². The lowest BCUT2D eigenvalue weighted by molar-refractivity contribution is -0.137. The Kier molecular flexibility index (Phi) is 3.24. The third-order valence-electron chi connectivity index (χ3n) is 3.88. The zero-order valence-corrected chi connectivity index (χ0v) is 10.9. The number of hydrogen-bond acceptors (Lipinski definition) is 1. The number of halogens is 4. The van der Waals surface area contributed by atoms with Crippen molar-refractivity contribution >= 4 is 0 Å². The Hall–Kier alpha value is -1.88. The molecule has 1 aliphatic rings. The standard InChI is InChI=1S/C16H12F4O/c17-11-4-1-9(2-5-11)13-8-15(21)12-6-3-10(7-14(12)13)16(18,19)20/h1-7,13,15,21H,8H2/t13-,15-/m0/s1. The summed E-state index contributed by atoms with van der Waals surface area (Å²) in [4.78, 5) is 0. The van der Waals surface area contributed by atoms with Crippen molar-refractivity contribution in [1.82, 2.24) is 0 Å². The van der Waals surface area contributed by atoms with Crippen molar-refractivity contribution in [3.8, 4) is 0 Å². The van der Waals surface area contributed by atoms with Crippen molar-refractivity contribution in [3.05, 3.63) is 70.5 Å². The smallest absolute Gasteiger partial charge is 0.388 e. The molecular weight excluding hydrogens is 284 g/mol. The fourth-order valence-corrected chi connectivity index (χ4v) is 2.84. The molecule has 0 amide bonds. The molecule has 0 fully saturated rings. The quantitative estimate of drug-likeness (QED) is 0.773. The van der Waals surface area contributed by atoms with Gasteiger partial charge in [-0.2, -0.15) is 13.2 Å². The molecule has 3 rings (SSSR count). The molecule has 2 aromatic rings. The summed E-state index contributed by atoms with van der Waals surface area (Å²) in [6.45, 7) is 0. The monoisotopic (exact) mass is 296 g/mol. The van der Waals surface area contributed by atoms with E-state index in [0.29, 0.717) is 23.1 Å². The van der Waals surface area contributed by atoms with Crippen LogP contribution in [0, 0.1) is 5.82 Å². The summed E-state index contributed by atoms with van der Waals surface area (Å²) in [5, 5.41) is 10.0. The van der Waals surface area contributed by atoms with Crippen LogP contribution in [-0.4, -0.2) is 5.11 Å². The number of aliphatic hydroxyl groups excluding tert-OH is 1. The Balaban J connectivity index is 2.07. The molecule has 0 spiro atoms. The van der Waals surface area contributed by atoms with E-state index in [1.54, 1.807) is 12.1 Å². The summed E-state index contributed by atoms with van der Waals surface area (Å²) in [6, 6.07) is 9.02. The van der Waals surface area contributed by atoms with Gasteiger partial charge in [0.2, 0.25) is 0 Å². The van der Waals surface area contributed by atoms with Gasteiger partial charge in [-0.05, 0) is 47.4 Å². The lowest BCUT2D eigenvalue weighted by atomic mass is 9.92. The summed E-state index contributed by atoms with van der Waals surface area (Å²) in [6.07, 6.45) is -4.91. The SMILES string of the molecule is O[C@H]1C[C@@H](c2ccc(F)cc2)c2cc(C(F)(F)F)ccc21. The maximum absolute atomic E-state index is 13.0.